The summed E-state index contributed by atoms with van der Waals surface area (Å²) in [7, 11) is -2.67. The van der Waals surface area contributed by atoms with E-state index < -0.39 is 32.5 Å². The van der Waals surface area contributed by atoms with Gasteiger partial charge in [0, 0.05) is 19.4 Å². The first-order chi connectivity index (χ1) is 25.3. The third-order valence-corrected chi connectivity index (χ3v) is 8.79. The lowest BCUT2D eigenvalue weighted by Gasteiger charge is -2.20. The molecule has 0 saturated heterocycles. The van der Waals surface area contributed by atoms with Crippen molar-refractivity contribution in [2.24, 2.45) is 0 Å². The number of hydrogen-bond acceptors (Lipinski definition) is 8. The highest BCUT2D eigenvalue weighted by Crippen LogP contribution is 2.43. The standard InChI is InChI=1S/C42H72NO8P/c1-4-6-8-10-12-14-16-17-18-19-20-21-22-23-25-27-29-31-33-35-42(45)51-40(39-50-52(46,47)49-37-36-43-3)38-48-41(44)34-32-30-28-26-24-15-13-11-9-7-5-2/h6,8,11-14,17-18,20-21,23,25,40,43H,4-5,7,9-10,15-16,19,22,24,26-39H2,1-3H3,(H,46,47)/b8-6-,13-11-,14-12-,18-17-,21-20-,25-23-. The monoisotopic (exact) mass is 749 g/mol. The van der Waals surface area contributed by atoms with E-state index in [1.54, 1.807) is 7.05 Å². The normalized spacial score (nSPS) is 14.2. The Morgan fingerprint density at radius 1 is 0.615 bits per heavy atom. The van der Waals surface area contributed by atoms with Crippen LogP contribution in [0.15, 0.2) is 72.9 Å². The number of phosphoric ester groups is 1. The molecule has 52 heavy (non-hydrogen) atoms. The Labute approximate surface area is 316 Å². The number of esters is 2. The first-order valence-corrected chi connectivity index (χ1v) is 21.4. The van der Waals surface area contributed by atoms with Crippen molar-refractivity contribution >= 4 is 19.8 Å². The first-order valence-electron chi connectivity index (χ1n) is 19.9. The largest absolute Gasteiger partial charge is 0.472 e. The van der Waals surface area contributed by atoms with Crippen LogP contribution >= 0.6 is 7.82 Å². The van der Waals surface area contributed by atoms with E-state index in [1.807, 2.05) is 0 Å². The highest BCUT2D eigenvalue weighted by Gasteiger charge is 2.26. The van der Waals surface area contributed by atoms with Crippen LogP contribution in [-0.4, -0.2) is 56.3 Å². The summed E-state index contributed by atoms with van der Waals surface area (Å²) in [6.07, 6.45) is 43.8. The summed E-state index contributed by atoms with van der Waals surface area (Å²) >= 11 is 0. The van der Waals surface area contributed by atoms with Gasteiger partial charge in [0.25, 0.3) is 0 Å². The number of rotatable bonds is 36. The highest BCUT2D eigenvalue weighted by atomic mass is 31.2. The second-order valence-corrected chi connectivity index (χ2v) is 14.2. The van der Waals surface area contributed by atoms with E-state index in [2.05, 4.69) is 92.1 Å². The molecular formula is C42H72NO8P. The zero-order chi connectivity index (χ0) is 38.2. The van der Waals surface area contributed by atoms with Crippen molar-refractivity contribution < 1.29 is 37.6 Å². The third kappa shape index (κ3) is 37.2. The topological polar surface area (TPSA) is 120 Å². The Bertz CT molecular complexity index is 1080. The summed E-state index contributed by atoms with van der Waals surface area (Å²) in [4.78, 5) is 34.9. The van der Waals surface area contributed by atoms with E-state index in [4.69, 9.17) is 18.5 Å². The van der Waals surface area contributed by atoms with Gasteiger partial charge in [-0.2, -0.15) is 0 Å². The molecule has 0 aliphatic rings. The van der Waals surface area contributed by atoms with Crippen molar-refractivity contribution in [1.29, 1.82) is 0 Å². The van der Waals surface area contributed by atoms with Crippen molar-refractivity contribution in [2.75, 3.05) is 33.4 Å². The van der Waals surface area contributed by atoms with E-state index in [1.165, 1.54) is 12.8 Å². The van der Waals surface area contributed by atoms with E-state index in [-0.39, 0.29) is 26.1 Å². The van der Waals surface area contributed by atoms with Crippen LogP contribution < -0.4 is 5.32 Å². The lowest BCUT2D eigenvalue weighted by Crippen LogP contribution is -2.29. The molecule has 0 saturated carbocycles. The number of carbonyl (C=O) groups is 2. The minimum absolute atomic E-state index is 0.0288. The molecule has 0 heterocycles. The molecule has 0 rings (SSSR count). The maximum atomic E-state index is 12.6. The summed E-state index contributed by atoms with van der Waals surface area (Å²) < 4.78 is 33.0. The van der Waals surface area contributed by atoms with E-state index >= 15 is 0 Å². The van der Waals surface area contributed by atoms with E-state index in [9.17, 15) is 19.0 Å². The van der Waals surface area contributed by atoms with Crippen molar-refractivity contribution in [2.45, 2.75) is 148 Å². The maximum Gasteiger partial charge on any atom is 0.472 e. The van der Waals surface area contributed by atoms with Crippen LogP contribution in [0.4, 0.5) is 0 Å². The Kier molecular flexibility index (Phi) is 36.3. The van der Waals surface area contributed by atoms with Gasteiger partial charge in [0.15, 0.2) is 6.10 Å². The van der Waals surface area contributed by atoms with Crippen molar-refractivity contribution in [3.05, 3.63) is 72.9 Å². The Morgan fingerprint density at radius 2 is 1.10 bits per heavy atom. The lowest BCUT2D eigenvalue weighted by atomic mass is 10.1. The molecule has 298 valence electrons. The minimum atomic E-state index is -4.36. The second-order valence-electron chi connectivity index (χ2n) is 12.7. The molecule has 10 heteroatoms. The number of likely N-dealkylation sites (N-methyl/N-ethyl adjacent to an activating group) is 1. The molecule has 2 unspecified atom stereocenters. The SMILES string of the molecule is CC/C=C\C/C=C\C/C=C\C/C=C\C/C=C\CCCCCC(=O)OC(COC(=O)CCCCCCC/C=C\CCCC)COP(=O)(O)OCCNC. The van der Waals surface area contributed by atoms with Crippen molar-refractivity contribution in [3.63, 3.8) is 0 Å². The van der Waals surface area contributed by atoms with Gasteiger partial charge >= 0.3 is 19.8 Å². The van der Waals surface area contributed by atoms with Gasteiger partial charge in [0.1, 0.15) is 6.61 Å². The number of carbonyl (C=O) groups excluding carboxylic acids is 2. The molecule has 0 aromatic carbocycles. The number of hydrogen-bond donors (Lipinski definition) is 2. The summed E-state index contributed by atoms with van der Waals surface area (Å²) in [6, 6.07) is 0. The maximum absolute atomic E-state index is 12.6. The Balaban J connectivity index is 4.36. The fraction of sp³-hybridized carbons (Fsp3) is 0.667. The molecule has 0 amide bonds. The van der Waals surface area contributed by atoms with Gasteiger partial charge in [0.05, 0.1) is 13.2 Å². The second kappa shape index (κ2) is 38.2. The summed E-state index contributed by atoms with van der Waals surface area (Å²) in [6.45, 7) is 3.99. The molecule has 0 aliphatic carbocycles. The fourth-order valence-corrected chi connectivity index (χ4v) is 5.54. The number of nitrogens with one attached hydrogen (secondary N) is 1. The van der Waals surface area contributed by atoms with Gasteiger partial charge in [-0.1, -0.05) is 125 Å². The van der Waals surface area contributed by atoms with Crippen molar-refractivity contribution in [3.8, 4) is 0 Å². The number of allylic oxidation sites excluding steroid dienone is 12. The molecule has 0 bridgehead atoms. The van der Waals surface area contributed by atoms with Crippen LogP contribution in [0.5, 0.6) is 0 Å². The van der Waals surface area contributed by atoms with Crippen LogP contribution in [-0.2, 0) is 32.7 Å². The summed E-state index contributed by atoms with van der Waals surface area (Å²) in [5.41, 5.74) is 0. The Hall–Kier alpha value is -2.55. The average Bonchev–Trinajstić information content (AvgIpc) is 3.12. The predicted octanol–water partition coefficient (Wildman–Crippen LogP) is 11.0. The molecule has 0 radical (unpaired) electrons. The number of ether oxygens (including phenoxy) is 2. The van der Waals surface area contributed by atoms with E-state index in [0.29, 0.717) is 13.0 Å². The first kappa shape index (κ1) is 49.5. The highest BCUT2D eigenvalue weighted by molar-refractivity contribution is 7.47. The van der Waals surface area contributed by atoms with Gasteiger partial charge in [-0.25, -0.2) is 4.57 Å². The smallest absolute Gasteiger partial charge is 0.462 e. The molecule has 0 spiro atoms. The van der Waals surface area contributed by atoms with E-state index in [0.717, 1.165) is 96.3 Å². The number of unbranched alkanes of at least 4 members (excludes halogenated alkanes) is 10. The lowest BCUT2D eigenvalue weighted by molar-refractivity contribution is -0.161. The molecule has 2 atom stereocenters. The van der Waals surface area contributed by atoms with Gasteiger partial charge < -0.3 is 19.7 Å². The van der Waals surface area contributed by atoms with Crippen molar-refractivity contribution in [1.82, 2.24) is 5.32 Å². The molecule has 0 aromatic rings. The number of phosphoric acid groups is 1. The zero-order valence-corrected chi connectivity index (χ0v) is 33.6. The molecule has 2 N–H and O–H groups in total. The molecule has 0 aromatic heterocycles. The van der Waals surface area contributed by atoms with Crippen LogP contribution in [0, 0.1) is 0 Å². The predicted molar refractivity (Wildman–Crippen MR) is 215 cm³/mol. The Morgan fingerprint density at radius 3 is 1.67 bits per heavy atom. The zero-order valence-electron chi connectivity index (χ0n) is 32.7. The van der Waals surface area contributed by atoms with Crippen LogP contribution in [0.3, 0.4) is 0 Å². The van der Waals surface area contributed by atoms with Gasteiger partial charge in [-0.3, -0.25) is 18.6 Å². The van der Waals surface area contributed by atoms with Crippen LogP contribution in [0.25, 0.3) is 0 Å². The average molecular weight is 750 g/mol. The minimum Gasteiger partial charge on any atom is -0.462 e. The van der Waals surface area contributed by atoms with Crippen LogP contribution in [0.1, 0.15) is 142 Å². The summed E-state index contributed by atoms with van der Waals surface area (Å²) in [5, 5.41) is 2.81. The van der Waals surface area contributed by atoms with Gasteiger partial charge in [-0.15, -0.1) is 0 Å². The van der Waals surface area contributed by atoms with Gasteiger partial charge in [-0.05, 0) is 84.1 Å². The van der Waals surface area contributed by atoms with Gasteiger partial charge in [0.2, 0.25) is 0 Å². The molecule has 9 nitrogen and oxygen atoms in total. The fourth-order valence-electron chi connectivity index (χ4n) is 4.79. The quantitative estimate of drug-likeness (QED) is 0.0279. The molecule has 0 aliphatic heterocycles. The third-order valence-electron chi connectivity index (χ3n) is 7.81. The molecule has 0 fully saturated rings. The molecular weight excluding hydrogens is 677 g/mol. The summed E-state index contributed by atoms with van der Waals surface area (Å²) in [5.74, 6) is -0.865. The van der Waals surface area contributed by atoms with Crippen LogP contribution in [0.2, 0.25) is 0 Å².